The smallest absolute Gasteiger partial charge is 0.165 e. The lowest BCUT2D eigenvalue weighted by atomic mass is 10.1. The zero-order valence-electron chi connectivity index (χ0n) is 8.43. The molecule has 2 nitrogen and oxygen atoms in total. The van der Waals surface area contributed by atoms with Crippen molar-refractivity contribution in [3.8, 4) is 5.75 Å². The number of ether oxygens (including phenoxy) is 1. The summed E-state index contributed by atoms with van der Waals surface area (Å²) in [4.78, 5) is 0. The summed E-state index contributed by atoms with van der Waals surface area (Å²) >= 11 is 0. The minimum atomic E-state index is -0.372. The van der Waals surface area contributed by atoms with Gasteiger partial charge in [-0.3, -0.25) is 0 Å². The molecule has 0 unspecified atom stereocenters. The van der Waals surface area contributed by atoms with Crippen molar-refractivity contribution in [1.82, 2.24) is 0 Å². The van der Waals surface area contributed by atoms with Gasteiger partial charge >= 0.3 is 0 Å². The van der Waals surface area contributed by atoms with E-state index in [4.69, 9.17) is 10.1 Å². The van der Waals surface area contributed by atoms with Crippen molar-refractivity contribution in [2.24, 2.45) is 0 Å². The summed E-state index contributed by atoms with van der Waals surface area (Å²) in [6.07, 6.45) is 0.841. The Morgan fingerprint density at radius 2 is 2.21 bits per heavy atom. The molecule has 0 aromatic heterocycles. The molecule has 0 bridgehead atoms. The highest BCUT2D eigenvalue weighted by molar-refractivity contribution is 5.96. The van der Waals surface area contributed by atoms with E-state index >= 15 is 0 Å². The van der Waals surface area contributed by atoms with Crippen molar-refractivity contribution in [3.63, 3.8) is 0 Å². The third-order valence-electron chi connectivity index (χ3n) is 1.83. The second-order valence-corrected chi connectivity index (χ2v) is 3.12. The summed E-state index contributed by atoms with van der Waals surface area (Å²) in [5, 5.41) is 7.40. The summed E-state index contributed by atoms with van der Waals surface area (Å²) in [6, 6.07) is 4.47. The largest absolute Gasteiger partial charge is 0.491 e. The Hall–Kier alpha value is -1.38. The summed E-state index contributed by atoms with van der Waals surface area (Å²) in [5.41, 5.74) is 1.10. The van der Waals surface area contributed by atoms with E-state index in [9.17, 15) is 4.39 Å². The van der Waals surface area contributed by atoms with Gasteiger partial charge in [-0.2, -0.15) is 0 Å². The molecule has 76 valence electrons. The highest BCUT2D eigenvalue weighted by Gasteiger charge is 2.05. The average molecular weight is 195 g/mol. The predicted molar refractivity (Wildman–Crippen MR) is 54.7 cm³/mol. The van der Waals surface area contributed by atoms with Gasteiger partial charge in [0.05, 0.1) is 6.61 Å². The van der Waals surface area contributed by atoms with Crippen LogP contribution in [-0.4, -0.2) is 12.3 Å². The van der Waals surface area contributed by atoms with Crippen LogP contribution >= 0.6 is 0 Å². The van der Waals surface area contributed by atoms with E-state index in [2.05, 4.69) is 0 Å². The highest BCUT2D eigenvalue weighted by Crippen LogP contribution is 2.19. The Morgan fingerprint density at radius 1 is 1.50 bits per heavy atom. The molecule has 3 heteroatoms. The van der Waals surface area contributed by atoms with Gasteiger partial charge in [0, 0.05) is 5.71 Å². The van der Waals surface area contributed by atoms with Crippen molar-refractivity contribution in [3.05, 3.63) is 29.6 Å². The highest BCUT2D eigenvalue weighted by atomic mass is 19.1. The van der Waals surface area contributed by atoms with Gasteiger partial charge < -0.3 is 10.1 Å². The predicted octanol–water partition coefficient (Wildman–Crippen LogP) is 3.00. The minimum Gasteiger partial charge on any atom is -0.491 e. The Morgan fingerprint density at radius 3 is 2.79 bits per heavy atom. The van der Waals surface area contributed by atoms with E-state index in [-0.39, 0.29) is 11.6 Å². The van der Waals surface area contributed by atoms with E-state index in [0.29, 0.717) is 17.9 Å². The average Bonchev–Trinajstić information content (AvgIpc) is 2.16. The van der Waals surface area contributed by atoms with Gasteiger partial charge in [0.15, 0.2) is 11.6 Å². The molecule has 1 rings (SSSR count). The fourth-order valence-corrected chi connectivity index (χ4v) is 1.06. The number of hydrogen-bond donors (Lipinski definition) is 1. The Kier molecular flexibility index (Phi) is 3.63. The lowest BCUT2D eigenvalue weighted by Gasteiger charge is -2.07. The lowest BCUT2D eigenvalue weighted by molar-refractivity contribution is 0.301. The molecule has 0 heterocycles. The third kappa shape index (κ3) is 2.55. The fourth-order valence-electron chi connectivity index (χ4n) is 1.06. The molecule has 1 aromatic carbocycles. The maximum Gasteiger partial charge on any atom is 0.165 e. The molecule has 1 aromatic rings. The van der Waals surface area contributed by atoms with Crippen LogP contribution in [0.15, 0.2) is 18.2 Å². The molecule has 0 spiro atoms. The number of hydrogen-bond acceptors (Lipinski definition) is 2. The molecule has 0 aliphatic carbocycles. The van der Waals surface area contributed by atoms with Crippen molar-refractivity contribution in [1.29, 1.82) is 5.41 Å². The van der Waals surface area contributed by atoms with Crippen LogP contribution in [0, 0.1) is 11.2 Å². The van der Waals surface area contributed by atoms with Crippen LogP contribution in [0.1, 0.15) is 25.8 Å². The van der Waals surface area contributed by atoms with Gasteiger partial charge in [-0.1, -0.05) is 13.0 Å². The standard InChI is InChI=1S/C11H14FNO/c1-3-6-14-11-7-9(8(2)13)4-5-10(11)12/h4-5,7,13H,3,6H2,1-2H3. The van der Waals surface area contributed by atoms with Crippen LogP contribution < -0.4 is 4.74 Å². The first-order valence-corrected chi connectivity index (χ1v) is 4.63. The molecule has 0 radical (unpaired) electrons. The normalized spacial score (nSPS) is 9.93. The topological polar surface area (TPSA) is 33.1 Å². The molecule has 0 fully saturated rings. The summed E-state index contributed by atoms with van der Waals surface area (Å²) < 4.78 is 18.4. The van der Waals surface area contributed by atoms with Crippen LogP contribution in [-0.2, 0) is 0 Å². The van der Waals surface area contributed by atoms with E-state index < -0.39 is 0 Å². The van der Waals surface area contributed by atoms with Gasteiger partial charge in [-0.15, -0.1) is 0 Å². The van der Waals surface area contributed by atoms with Crippen LogP contribution in [0.25, 0.3) is 0 Å². The molecule has 1 N–H and O–H groups in total. The zero-order chi connectivity index (χ0) is 10.6. The van der Waals surface area contributed by atoms with Crippen LogP contribution in [0.2, 0.25) is 0 Å². The quantitative estimate of drug-likeness (QED) is 0.736. The third-order valence-corrected chi connectivity index (χ3v) is 1.83. The molecule has 0 saturated heterocycles. The van der Waals surface area contributed by atoms with Gasteiger partial charge in [0.1, 0.15) is 0 Å². The SMILES string of the molecule is CCCOc1cc(C(C)=N)ccc1F. The Bertz CT molecular complexity index is 336. The number of rotatable bonds is 4. The fraction of sp³-hybridized carbons (Fsp3) is 0.364. The molecule has 0 atom stereocenters. The van der Waals surface area contributed by atoms with Gasteiger partial charge in [-0.05, 0) is 31.0 Å². The monoisotopic (exact) mass is 195 g/mol. The number of benzene rings is 1. The molecule has 0 aliphatic heterocycles. The second kappa shape index (κ2) is 4.74. The minimum absolute atomic E-state index is 0.232. The molecular weight excluding hydrogens is 181 g/mol. The lowest BCUT2D eigenvalue weighted by Crippen LogP contribution is -2.00. The first kappa shape index (κ1) is 10.7. The summed E-state index contributed by atoms with van der Waals surface area (Å²) in [7, 11) is 0. The van der Waals surface area contributed by atoms with Gasteiger partial charge in [0.2, 0.25) is 0 Å². The van der Waals surface area contributed by atoms with Crippen molar-refractivity contribution in [2.75, 3.05) is 6.61 Å². The van der Waals surface area contributed by atoms with Crippen LogP contribution in [0.3, 0.4) is 0 Å². The second-order valence-electron chi connectivity index (χ2n) is 3.12. The molecule has 0 saturated carbocycles. The van der Waals surface area contributed by atoms with Crippen LogP contribution in [0.4, 0.5) is 4.39 Å². The zero-order valence-corrected chi connectivity index (χ0v) is 8.43. The van der Waals surface area contributed by atoms with Crippen molar-refractivity contribution >= 4 is 5.71 Å². The summed E-state index contributed by atoms with van der Waals surface area (Å²) in [6.45, 7) is 4.12. The number of halogens is 1. The molecular formula is C11H14FNO. The van der Waals surface area contributed by atoms with Crippen molar-refractivity contribution in [2.45, 2.75) is 20.3 Å². The number of nitrogens with one attached hydrogen (secondary N) is 1. The van der Waals surface area contributed by atoms with Gasteiger partial charge in [-0.25, -0.2) is 4.39 Å². The molecule has 0 amide bonds. The van der Waals surface area contributed by atoms with E-state index in [1.807, 2.05) is 6.92 Å². The van der Waals surface area contributed by atoms with Crippen molar-refractivity contribution < 1.29 is 9.13 Å². The first-order chi connectivity index (χ1) is 6.65. The summed E-state index contributed by atoms with van der Waals surface area (Å²) in [5.74, 6) is -0.139. The Balaban J connectivity index is 2.90. The van der Waals surface area contributed by atoms with Gasteiger partial charge in [0.25, 0.3) is 0 Å². The van der Waals surface area contributed by atoms with E-state index in [1.165, 1.54) is 6.07 Å². The van der Waals surface area contributed by atoms with Crippen LogP contribution in [0.5, 0.6) is 5.75 Å². The Labute approximate surface area is 83.2 Å². The maximum atomic E-state index is 13.2. The van der Waals surface area contributed by atoms with E-state index in [1.54, 1.807) is 19.1 Å². The molecule has 0 aliphatic rings. The maximum absolute atomic E-state index is 13.2. The molecule has 14 heavy (non-hydrogen) atoms. The van der Waals surface area contributed by atoms with E-state index in [0.717, 1.165) is 6.42 Å². The first-order valence-electron chi connectivity index (χ1n) is 4.63.